The fraction of sp³-hybridized carbons (Fsp3) is 0.450. The van der Waals surface area contributed by atoms with Crippen molar-refractivity contribution in [3.8, 4) is 11.8 Å². The minimum atomic E-state index is -0.455. The number of hydrogen-bond acceptors (Lipinski definition) is 4. The minimum absolute atomic E-state index is 0.0823. The smallest absolute Gasteiger partial charge is 0.408 e. The zero-order valence-corrected chi connectivity index (χ0v) is 16.8. The molecule has 0 bridgehead atoms. The summed E-state index contributed by atoms with van der Waals surface area (Å²) >= 11 is 10.3. The van der Waals surface area contributed by atoms with Crippen molar-refractivity contribution in [1.29, 1.82) is 0 Å². The number of nitrogens with one attached hydrogen (secondary N) is 3. The maximum Gasteiger partial charge on any atom is 0.408 e. The summed E-state index contributed by atoms with van der Waals surface area (Å²) in [4.78, 5) is 12.6. The fourth-order valence-electron chi connectivity index (χ4n) is 2.59. The van der Waals surface area contributed by atoms with E-state index in [1.807, 2.05) is 24.3 Å². The average molecular weight is 405 g/mol. The first kappa shape index (κ1) is 19.6. The van der Waals surface area contributed by atoms with Crippen LogP contribution in [-0.4, -0.2) is 28.8 Å². The number of thiocarbonyl (C=S) groups is 2. The Balaban J connectivity index is 1.66. The summed E-state index contributed by atoms with van der Waals surface area (Å²) in [6.07, 6.45) is 4.28. The number of ether oxygens (including phenoxy) is 1. The molecule has 2 rings (SSSR count). The van der Waals surface area contributed by atoms with E-state index in [1.54, 1.807) is 0 Å². The van der Waals surface area contributed by atoms with Crippen molar-refractivity contribution in [2.75, 3.05) is 12.0 Å². The molecule has 1 aliphatic carbocycles. The quantitative estimate of drug-likeness (QED) is 0.379. The molecule has 0 radical (unpaired) electrons. The van der Waals surface area contributed by atoms with Gasteiger partial charge in [0.2, 0.25) is 0 Å². The standard InChI is InChI=1S/C20H25N3O2S2/c1-15(26)13-16-9-11-17(12-10-16)23-19(27)21-14-22-20(24)25-18-7-5-3-2-4-6-8-18/h9-12,18H,3,5-8,13-14H2,1H3,(H,22,24)(H2,21,23,27)/i1D. The van der Waals surface area contributed by atoms with E-state index in [1.165, 1.54) is 0 Å². The first-order valence-corrected chi connectivity index (χ1v) is 9.73. The molecule has 0 aliphatic heterocycles. The summed E-state index contributed by atoms with van der Waals surface area (Å²) in [6.45, 7) is 0.334. The van der Waals surface area contributed by atoms with E-state index in [0.29, 0.717) is 16.4 Å². The predicted octanol–water partition coefficient (Wildman–Crippen LogP) is 3.93. The Morgan fingerprint density at radius 2 is 2.00 bits per heavy atom. The zero-order valence-electron chi connectivity index (χ0n) is 16.2. The van der Waals surface area contributed by atoms with Crippen LogP contribution < -0.4 is 16.0 Å². The zero-order chi connectivity index (χ0) is 20.2. The van der Waals surface area contributed by atoms with Gasteiger partial charge in [-0.15, -0.1) is 11.8 Å². The molecule has 5 nitrogen and oxygen atoms in total. The van der Waals surface area contributed by atoms with Gasteiger partial charge in [-0.3, -0.25) is 0 Å². The molecule has 0 spiro atoms. The van der Waals surface area contributed by atoms with Gasteiger partial charge in [0, 0.05) is 26.3 Å². The lowest BCUT2D eigenvalue weighted by Crippen LogP contribution is -2.40. The molecule has 3 N–H and O–H groups in total. The number of amides is 1. The second-order valence-electron chi connectivity index (χ2n) is 6.21. The third-order valence-electron chi connectivity index (χ3n) is 3.91. The van der Waals surface area contributed by atoms with Gasteiger partial charge in [0.05, 0.1) is 6.67 Å². The highest BCUT2D eigenvalue weighted by Crippen LogP contribution is 2.13. The van der Waals surface area contributed by atoms with Crippen molar-refractivity contribution >= 4 is 46.2 Å². The molecule has 1 unspecified atom stereocenters. The van der Waals surface area contributed by atoms with Crippen LogP contribution in [0.2, 0.25) is 0 Å². The van der Waals surface area contributed by atoms with Crippen LogP contribution in [0.3, 0.4) is 0 Å². The lowest BCUT2D eigenvalue weighted by Gasteiger charge is -2.18. The summed E-state index contributed by atoms with van der Waals surface area (Å²) < 4.78 is 12.7. The van der Waals surface area contributed by atoms with Crippen LogP contribution in [0, 0.1) is 11.8 Å². The van der Waals surface area contributed by atoms with Crippen LogP contribution in [0.5, 0.6) is 0 Å². The third-order valence-corrected chi connectivity index (χ3v) is 4.30. The fourth-order valence-corrected chi connectivity index (χ4v) is 2.95. The lowest BCUT2D eigenvalue weighted by atomic mass is 10.0. The van der Waals surface area contributed by atoms with E-state index in [4.69, 9.17) is 30.5 Å². The molecule has 0 saturated heterocycles. The van der Waals surface area contributed by atoms with E-state index in [9.17, 15) is 4.79 Å². The number of rotatable bonds is 6. The van der Waals surface area contributed by atoms with E-state index < -0.39 is 6.09 Å². The largest absolute Gasteiger partial charge is 0.446 e. The summed E-state index contributed by atoms with van der Waals surface area (Å²) in [6, 6.07) is 7.69. The SMILES string of the molecule is [2H]CC(=S)Cc1ccc(NC(=S)NCNC(=O)OC2CCC#CCCC2)cc1. The van der Waals surface area contributed by atoms with Crippen LogP contribution in [0.25, 0.3) is 0 Å². The van der Waals surface area contributed by atoms with Gasteiger partial charge in [-0.1, -0.05) is 24.4 Å². The number of carbonyl (C=O) groups excluding carboxylic acids is 1. The molecule has 7 heteroatoms. The topological polar surface area (TPSA) is 62.4 Å². The maximum atomic E-state index is 11.9. The van der Waals surface area contributed by atoms with Crippen molar-refractivity contribution in [2.24, 2.45) is 0 Å². The first-order valence-electron chi connectivity index (χ1n) is 9.62. The van der Waals surface area contributed by atoms with E-state index >= 15 is 0 Å². The summed E-state index contributed by atoms with van der Waals surface area (Å²) in [7, 11) is 0. The van der Waals surface area contributed by atoms with Crippen LogP contribution in [0.4, 0.5) is 10.5 Å². The number of hydrogen-bond donors (Lipinski definition) is 3. The second kappa shape index (κ2) is 11.5. The molecule has 0 aromatic heterocycles. The predicted molar refractivity (Wildman–Crippen MR) is 117 cm³/mol. The molecule has 1 atom stereocenters. The molecule has 1 aromatic rings. The summed E-state index contributed by atoms with van der Waals surface area (Å²) in [5, 5.41) is 9.02. The molecule has 0 saturated carbocycles. The normalized spacial score (nSPS) is 16.4. The molecule has 0 fully saturated rings. The maximum absolute atomic E-state index is 11.9. The number of benzene rings is 1. The Morgan fingerprint density at radius 3 is 2.78 bits per heavy atom. The number of anilines is 1. The van der Waals surface area contributed by atoms with Gasteiger partial charge in [0.25, 0.3) is 0 Å². The van der Waals surface area contributed by atoms with Gasteiger partial charge in [-0.05, 0) is 60.9 Å². The van der Waals surface area contributed by atoms with E-state index in [0.717, 1.165) is 43.4 Å². The van der Waals surface area contributed by atoms with Crippen LogP contribution in [-0.2, 0) is 11.2 Å². The minimum Gasteiger partial charge on any atom is -0.446 e. The molecule has 1 amide bonds. The monoisotopic (exact) mass is 404 g/mol. The van der Waals surface area contributed by atoms with Gasteiger partial charge in [0.1, 0.15) is 6.10 Å². The van der Waals surface area contributed by atoms with Gasteiger partial charge in [0.15, 0.2) is 5.11 Å². The van der Waals surface area contributed by atoms with Crippen LogP contribution in [0.1, 0.15) is 45.9 Å². The van der Waals surface area contributed by atoms with Crippen LogP contribution in [0.15, 0.2) is 24.3 Å². The van der Waals surface area contributed by atoms with Crippen molar-refractivity contribution in [3.05, 3.63) is 29.8 Å². The van der Waals surface area contributed by atoms with Gasteiger partial charge >= 0.3 is 6.09 Å². The van der Waals surface area contributed by atoms with Crippen molar-refractivity contribution in [1.82, 2.24) is 10.6 Å². The Bertz CT molecular complexity index is 744. The van der Waals surface area contributed by atoms with E-state index in [-0.39, 0.29) is 19.7 Å². The van der Waals surface area contributed by atoms with Crippen molar-refractivity contribution in [3.63, 3.8) is 0 Å². The molecule has 1 aromatic carbocycles. The van der Waals surface area contributed by atoms with Crippen molar-refractivity contribution in [2.45, 2.75) is 51.5 Å². The molecular formula is C20H25N3O2S2. The Morgan fingerprint density at radius 1 is 1.22 bits per heavy atom. The van der Waals surface area contributed by atoms with Gasteiger partial charge < -0.3 is 20.7 Å². The van der Waals surface area contributed by atoms with Gasteiger partial charge in [-0.2, -0.15) is 0 Å². The first-order chi connectivity index (χ1) is 13.6. The van der Waals surface area contributed by atoms with Crippen LogP contribution >= 0.6 is 24.4 Å². The number of carbonyl (C=O) groups is 1. The molecular weight excluding hydrogens is 378 g/mol. The average Bonchev–Trinajstić information content (AvgIpc) is 2.65. The molecule has 144 valence electrons. The highest BCUT2D eigenvalue weighted by atomic mass is 32.1. The number of alkyl carbamates (subject to hydrolysis) is 1. The Labute approximate surface area is 173 Å². The summed E-state index contributed by atoms with van der Waals surface area (Å²) in [5.74, 6) is 6.16. The lowest BCUT2D eigenvalue weighted by molar-refractivity contribution is 0.0869. The van der Waals surface area contributed by atoms with E-state index in [2.05, 4.69) is 27.8 Å². The Kier molecular flexibility index (Phi) is 8.36. The van der Waals surface area contributed by atoms with Crippen molar-refractivity contribution < 1.29 is 10.9 Å². The molecule has 27 heavy (non-hydrogen) atoms. The third kappa shape index (κ3) is 8.85. The Hall–Kier alpha value is -2.17. The summed E-state index contributed by atoms with van der Waals surface area (Å²) in [5.41, 5.74) is 1.89. The highest BCUT2D eigenvalue weighted by Gasteiger charge is 2.14. The second-order valence-corrected chi connectivity index (χ2v) is 7.19. The molecule has 0 heterocycles. The van der Waals surface area contributed by atoms with Gasteiger partial charge in [-0.25, -0.2) is 4.79 Å². The highest BCUT2D eigenvalue weighted by molar-refractivity contribution is 7.80. The molecule has 1 aliphatic rings.